The number of hydrogen-bond acceptors (Lipinski definition) is 5. The van der Waals surface area contributed by atoms with Gasteiger partial charge in [-0.2, -0.15) is 0 Å². The fourth-order valence-corrected chi connectivity index (χ4v) is 5.58. The number of benzene rings is 2. The minimum atomic E-state index is 0.0644. The second-order valence-electron chi connectivity index (χ2n) is 7.21. The van der Waals surface area contributed by atoms with Crippen LogP contribution in [0.3, 0.4) is 0 Å². The number of carbonyl (C=O) groups is 1. The molecule has 0 spiro atoms. The van der Waals surface area contributed by atoms with E-state index in [1.165, 1.54) is 11.3 Å². The molecule has 2 aromatic carbocycles. The first-order valence-electron chi connectivity index (χ1n) is 9.87. The van der Waals surface area contributed by atoms with E-state index < -0.39 is 0 Å². The number of fused-ring (bicyclic) bond motifs is 1. The van der Waals surface area contributed by atoms with Crippen LogP contribution in [-0.2, 0) is 9.53 Å². The van der Waals surface area contributed by atoms with Gasteiger partial charge in [-0.15, -0.1) is 11.8 Å². The molecule has 3 aromatic rings. The molecule has 1 amide bonds. The number of carbonyl (C=O) groups excluding carboxylic acids is 1. The maximum atomic E-state index is 13.2. The van der Waals surface area contributed by atoms with Gasteiger partial charge in [0.25, 0.3) is 0 Å². The third kappa shape index (κ3) is 5.11. The van der Waals surface area contributed by atoms with Crippen molar-refractivity contribution in [2.75, 3.05) is 23.8 Å². The maximum Gasteiger partial charge on any atom is 0.229 e. The second-order valence-corrected chi connectivity index (χ2v) is 10.2. The lowest BCUT2D eigenvalue weighted by Gasteiger charge is -2.23. The van der Waals surface area contributed by atoms with Crippen LogP contribution in [-0.4, -0.2) is 35.9 Å². The first-order valence-corrected chi connectivity index (χ1v) is 12.4. The molecule has 1 fully saturated rings. The Kier molecular flexibility index (Phi) is 7.21. The van der Waals surface area contributed by atoms with E-state index >= 15 is 0 Å². The summed E-state index contributed by atoms with van der Waals surface area (Å²) in [5.41, 5.74) is 1.81. The molecule has 4 nitrogen and oxygen atoms in total. The van der Waals surface area contributed by atoms with Crippen molar-refractivity contribution < 1.29 is 9.53 Å². The molecule has 0 aliphatic carbocycles. The van der Waals surface area contributed by atoms with E-state index in [2.05, 4.69) is 0 Å². The summed E-state index contributed by atoms with van der Waals surface area (Å²) in [6, 6.07) is 11.5. The third-order valence-corrected chi connectivity index (χ3v) is 7.80. The monoisotopic (exact) mass is 480 g/mol. The fourth-order valence-electron chi connectivity index (χ4n) is 3.40. The summed E-state index contributed by atoms with van der Waals surface area (Å²) in [5, 5.41) is 2.12. The number of thioether (sulfide) groups is 1. The van der Waals surface area contributed by atoms with Gasteiger partial charge in [-0.1, -0.05) is 34.5 Å². The minimum absolute atomic E-state index is 0.0644. The summed E-state index contributed by atoms with van der Waals surface area (Å²) in [5.74, 6) is 0.757. The first kappa shape index (κ1) is 21.9. The topological polar surface area (TPSA) is 42.4 Å². The van der Waals surface area contributed by atoms with Crippen LogP contribution in [0.2, 0.25) is 10.0 Å². The molecule has 0 bridgehead atoms. The molecule has 158 valence electrons. The van der Waals surface area contributed by atoms with Crippen LogP contribution in [0.25, 0.3) is 10.2 Å². The molecule has 1 saturated heterocycles. The Labute approximate surface area is 194 Å². The fraction of sp³-hybridized carbons (Fsp3) is 0.364. The van der Waals surface area contributed by atoms with Gasteiger partial charge in [0.05, 0.1) is 22.9 Å². The van der Waals surface area contributed by atoms with Crippen LogP contribution in [0.4, 0.5) is 5.13 Å². The van der Waals surface area contributed by atoms with Crippen molar-refractivity contribution in [3.8, 4) is 0 Å². The number of nitrogens with zero attached hydrogens (tertiary/aromatic N) is 2. The van der Waals surface area contributed by atoms with Gasteiger partial charge < -0.3 is 4.74 Å². The van der Waals surface area contributed by atoms with E-state index in [1.54, 1.807) is 16.7 Å². The van der Waals surface area contributed by atoms with Gasteiger partial charge in [-0.25, -0.2) is 4.98 Å². The highest BCUT2D eigenvalue weighted by atomic mass is 35.5. The Morgan fingerprint density at radius 2 is 2.07 bits per heavy atom. The average Bonchev–Trinajstić information content (AvgIpc) is 3.40. The Morgan fingerprint density at radius 1 is 1.27 bits per heavy atom. The van der Waals surface area contributed by atoms with E-state index in [1.807, 2.05) is 43.3 Å². The SMILES string of the molecule is Cc1c(Cl)ccc2sc(N(CC3CCCO3)C(=O)CCSc3ccc(Cl)cc3)nc12. The number of ether oxygens (including phenoxy) is 1. The zero-order valence-electron chi connectivity index (χ0n) is 16.6. The van der Waals surface area contributed by atoms with Crippen LogP contribution in [0, 0.1) is 6.92 Å². The molecule has 1 unspecified atom stereocenters. The molecule has 0 saturated carbocycles. The van der Waals surface area contributed by atoms with Gasteiger partial charge in [0.15, 0.2) is 5.13 Å². The molecule has 0 N–H and O–H groups in total. The standard InChI is InChI=1S/C22H22Cl2N2O2S2/c1-14-18(24)8-9-19-21(14)25-22(30-19)26(13-16-3-2-11-28-16)20(27)10-12-29-17-6-4-15(23)5-7-17/h4-9,16H,2-3,10-13H2,1H3. The molecule has 0 radical (unpaired) electrons. The van der Waals surface area contributed by atoms with Crippen molar-refractivity contribution in [1.82, 2.24) is 4.98 Å². The summed E-state index contributed by atoms with van der Waals surface area (Å²) < 4.78 is 6.84. The number of aryl methyl sites for hydroxylation is 1. The van der Waals surface area contributed by atoms with E-state index in [-0.39, 0.29) is 12.0 Å². The molecular formula is C22H22Cl2N2O2S2. The van der Waals surface area contributed by atoms with Crippen LogP contribution < -0.4 is 4.90 Å². The van der Waals surface area contributed by atoms with E-state index in [0.717, 1.165) is 40.1 Å². The predicted octanol–water partition coefficient (Wildman–Crippen LogP) is 6.61. The lowest BCUT2D eigenvalue weighted by atomic mass is 10.2. The van der Waals surface area contributed by atoms with Gasteiger partial charge >= 0.3 is 0 Å². The maximum absolute atomic E-state index is 13.2. The molecule has 1 atom stereocenters. The van der Waals surface area contributed by atoms with Gasteiger partial charge in [-0.3, -0.25) is 9.69 Å². The summed E-state index contributed by atoms with van der Waals surface area (Å²) in [6.45, 7) is 3.26. The number of anilines is 1. The lowest BCUT2D eigenvalue weighted by Crippen LogP contribution is -2.37. The first-order chi connectivity index (χ1) is 14.5. The molecule has 2 heterocycles. The largest absolute Gasteiger partial charge is 0.376 e. The van der Waals surface area contributed by atoms with Gasteiger partial charge in [-0.05, 0) is 61.7 Å². The normalized spacial score (nSPS) is 16.3. The second kappa shape index (κ2) is 9.88. The van der Waals surface area contributed by atoms with Gasteiger partial charge in [0.1, 0.15) is 0 Å². The van der Waals surface area contributed by atoms with Crippen LogP contribution in [0.1, 0.15) is 24.8 Å². The van der Waals surface area contributed by atoms with Gasteiger partial charge in [0, 0.05) is 33.7 Å². The van der Waals surface area contributed by atoms with Crippen molar-refractivity contribution >= 4 is 67.6 Å². The van der Waals surface area contributed by atoms with Crippen LogP contribution in [0.5, 0.6) is 0 Å². The van der Waals surface area contributed by atoms with Crippen molar-refractivity contribution in [2.24, 2.45) is 0 Å². The van der Waals surface area contributed by atoms with Crippen molar-refractivity contribution in [2.45, 2.75) is 37.2 Å². The molecule has 30 heavy (non-hydrogen) atoms. The van der Waals surface area contributed by atoms with Crippen molar-refractivity contribution in [3.05, 3.63) is 52.0 Å². The highest BCUT2D eigenvalue weighted by Crippen LogP contribution is 2.34. The van der Waals surface area contributed by atoms with Crippen LogP contribution >= 0.6 is 46.3 Å². The summed E-state index contributed by atoms with van der Waals surface area (Å²) >= 11 is 15.4. The number of thiazole rings is 1. The van der Waals surface area contributed by atoms with Gasteiger partial charge in [0.2, 0.25) is 5.91 Å². The smallest absolute Gasteiger partial charge is 0.229 e. The Bertz CT molecular complexity index is 1030. The van der Waals surface area contributed by atoms with Crippen LogP contribution in [0.15, 0.2) is 41.3 Å². The Hall–Kier alpha value is -1.31. The molecule has 1 aromatic heterocycles. The quantitative estimate of drug-likeness (QED) is 0.357. The van der Waals surface area contributed by atoms with E-state index in [9.17, 15) is 4.79 Å². The zero-order chi connectivity index (χ0) is 21.1. The molecule has 8 heteroatoms. The summed E-state index contributed by atoms with van der Waals surface area (Å²) in [7, 11) is 0. The lowest BCUT2D eigenvalue weighted by molar-refractivity contribution is -0.118. The number of aromatic nitrogens is 1. The summed E-state index contributed by atoms with van der Waals surface area (Å²) in [4.78, 5) is 20.9. The highest BCUT2D eigenvalue weighted by molar-refractivity contribution is 7.99. The molecule has 4 rings (SSSR count). The number of hydrogen-bond donors (Lipinski definition) is 0. The average molecular weight is 481 g/mol. The number of rotatable bonds is 7. The highest BCUT2D eigenvalue weighted by Gasteiger charge is 2.26. The zero-order valence-corrected chi connectivity index (χ0v) is 19.7. The third-order valence-electron chi connectivity index (χ3n) is 5.08. The molecular weight excluding hydrogens is 459 g/mol. The molecule has 1 aliphatic rings. The summed E-state index contributed by atoms with van der Waals surface area (Å²) in [6.07, 6.45) is 2.50. The van der Waals surface area contributed by atoms with E-state index in [0.29, 0.717) is 33.9 Å². The Balaban J connectivity index is 1.50. The van der Waals surface area contributed by atoms with Crippen molar-refractivity contribution in [3.63, 3.8) is 0 Å². The van der Waals surface area contributed by atoms with E-state index in [4.69, 9.17) is 32.9 Å². The Morgan fingerprint density at radius 3 is 2.80 bits per heavy atom. The predicted molar refractivity (Wildman–Crippen MR) is 127 cm³/mol. The van der Waals surface area contributed by atoms with Crippen molar-refractivity contribution in [1.29, 1.82) is 0 Å². The minimum Gasteiger partial charge on any atom is -0.376 e. The molecule has 1 aliphatic heterocycles. The number of halogens is 2. The number of amides is 1.